The molecule has 1 aromatic carbocycles. The van der Waals surface area contributed by atoms with E-state index in [1.165, 1.54) is 0 Å². The molecule has 26 heavy (non-hydrogen) atoms. The highest BCUT2D eigenvalue weighted by atomic mass is 35.5. The third kappa shape index (κ3) is 5.27. The van der Waals surface area contributed by atoms with Crippen LogP contribution in [0.15, 0.2) is 12.1 Å². The zero-order valence-corrected chi connectivity index (χ0v) is 16.8. The van der Waals surface area contributed by atoms with Crippen LogP contribution >= 0.6 is 11.6 Å². The molecule has 0 aliphatic carbocycles. The van der Waals surface area contributed by atoms with Crippen LogP contribution in [0.2, 0.25) is 5.02 Å². The molecule has 1 amide bonds. The minimum Gasteiger partial charge on any atom is -0.490 e. The topological polar surface area (TPSA) is 64.8 Å². The molecule has 1 aliphatic rings. The number of halogens is 1. The Balaban J connectivity index is 2.14. The number of unbranched alkanes of at least 4 members (excludes halogenated alkanes) is 1. The molecule has 0 aromatic heterocycles. The second-order valence-corrected chi connectivity index (χ2v) is 7.32. The molecule has 0 bridgehead atoms. The zero-order valence-electron chi connectivity index (χ0n) is 16.1. The van der Waals surface area contributed by atoms with Crippen LogP contribution in [0.3, 0.4) is 0 Å². The Hall–Kier alpha value is -1.46. The number of nitrogens with two attached hydrogens (primary N) is 1. The third-order valence-electron chi connectivity index (χ3n) is 4.87. The van der Waals surface area contributed by atoms with Crippen molar-refractivity contribution in [1.82, 2.24) is 4.90 Å². The molecule has 0 saturated carbocycles. The molecule has 1 aliphatic heterocycles. The lowest BCUT2D eigenvalue weighted by Gasteiger charge is -2.33. The molecule has 1 unspecified atom stereocenters. The first-order valence-corrected chi connectivity index (χ1v) is 9.99. The van der Waals surface area contributed by atoms with Gasteiger partial charge in [0.2, 0.25) is 0 Å². The van der Waals surface area contributed by atoms with E-state index in [0.29, 0.717) is 41.2 Å². The second-order valence-electron chi connectivity index (χ2n) is 6.91. The molecule has 2 rings (SSSR count). The van der Waals surface area contributed by atoms with E-state index in [0.717, 1.165) is 38.8 Å². The number of rotatable bonds is 8. The molecule has 1 aromatic rings. The standard InChI is InChI=1S/C20H31ClN2O3/c1-4-6-11-26-19-17(21)12-16(13-18(19)25-5-2)20(24)23-9-7-15(8-10-23)14(3)22/h12-15H,4-11,22H2,1-3H3. The monoisotopic (exact) mass is 382 g/mol. The fourth-order valence-electron chi connectivity index (χ4n) is 3.22. The number of nitrogens with zero attached hydrogens (tertiary/aromatic N) is 1. The maximum Gasteiger partial charge on any atom is 0.254 e. The minimum atomic E-state index is -0.0175. The number of hydrogen-bond donors (Lipinski definition) is 1. The third-order valence-corrected chi connectivity index (χ3v) is 5.15. The summed E-state index contributed by atoms with van der Waals surface area (Å²) in [7, 11) is 0. The molecular weight excluding hydrogens is 352 g/mol. The zero-order chi connectivity index (χ0) is 19.1. The van der Waals surface area contributed by atoms with Crippen LogP contribution in [-0.4, -0.2) is 43.2 Å². The normalized spacial score (nSPS) is 16.4. The van der Waals surface area contributed by atoms with Crippen molar-refractivity contribution >= 4 is 17.5 Å². The van der Waals surface area contributed by atoms with Crippen LogP contribution in [0.5, 0.6) is 11.5 Å². The Morgan fingerprint density at radius 3 is 2.58 bits per heavy atom. The smallest absolute Gasteiger partial charge is 0.254 e. The molecule has 0 radical (unpaired) electrons. The lowest BCUT2D eigenvalue weighted by molar-refractivity contribution is 0.0680. The quantitative estimate of drug-likeness (QED) is 0.687. The van der Waals surface area contributed by atoms with Gasteiger partial charge in [0.15, 0.2) is 11.5 Å². The van der Waals surface area contributed by atoms with Gasteiger partial charge in [0, 0.05) is 24.7 Å². The summed E-state index contributed by atoms with van der Waals surface area (Å²) in [5.41, 5.74) is 6.53. The lowest BCUT2D eigenvalue weighted by Crippen LogP contribution is -2.42. The Morgan fingerprint density at radius 1 is 1.31 bits per heavy atom. The van der Waals surface area contributed by atoms with E-state index in [9.17, 15) is 4.79 Å². The van der Waals surface area contributed by atoms with Gasteiger partial charge in [0.1, 0.15) is 0 Å². The van der Waals surface area contributed by atoms with Crippen molar-refractivity contribution in [2.45, 2.75) is 52.5 Å². The molecule has 1 fully saturated rings. The van der Waals surface area contributed by atoms with Crippen LogP contribution < -0.4 is 15.2 Å². The number of benzene rings is 1. The fourth-order valence-corrected chi connectivity index (χ4v) is 3.49. The molecule has 1 saturated heterocycles. The fraction of sp³-hybridized carbons (Fsp3) is 0.650. The summed E-state index contributed by atoms with van der Waals surface area (Å²) in [4.78, 5) is 14.8. The van der Waals surface area contributed by atoms with E-state index in [1.54, 1.807) is 12.1 Å². The van der Waals surface area contributed by atoms with Crippen molar-refractivity contribution in [3.63, 3.8) is 0 Å². The Kier molecular flexibility index (Phi) is 8.04. The summed E-state index contributed by atoms with van der Waals surface area (Å²) in [6, 6.07) is 3.60. The maximum atomic E-state index is 12.9. The number of ether oxygens (including phenoxy) is 2. The van der Waals surface area contributed by atoms with Crippen molar-refractivity contribution < 1.29 is 14.3 Å². The van der Waals surface area contributed by atoms with Crippen molar-refractivity contribution in [3.05, 3.63) is 22.7 Å². The first-order valence-electron chi connectivity index (χ1n) is 9.61. The van der Waals surface area contributed by atoms with Crippen LogP contribution in [0.4, 0.5) is 0 Å². The molecule has 2 N–H and O–H groups in total. The Morgan fingerprint density at radius 2 is 2.00 bits per heavy atom. The number of hydrogen-bond acceptors (Lipinski definition) is 4. The highest BCUT2D eigenvalue weighted by Gasteiger charge is 2.26. The Labute approximate surface area is 161 Å². The number of carbonyl (C=O) groups is 1. The van der Waals surface area contributed by atoms with Gasteiger partial charge >= 0.3 is 0 Å². The molecule has 146 valence electrons. The van der Waals surface area contributed by atoms with Gasteiger partial charge in [-0.15, -0.1) is 0 Å². The average Bonchev–Trinajstić information content (AvgIpc) is 2.63. The van der Waals surface area contributed by atoms with Crippen molar-refractivity contribution in [3.8, 4) is 11.5 Å². The maximum absolute atomic E-state index is 12.9. The van der Waals surface area contributed by atoms with Crippen molar-refractivity contribution in [1.29, 1.82) is 0 Å². The van der Waals surface area contributed by atoms with E-state index < -0.39 is 0 Å². The van der Waals surface area contributed by atoms with E-state index in [4.69, 9.17) is 26.8 Å². The Bertz CT molecular complexity index is 599. The molecule has 5 nitrogen and oxygen atoms in total. The van der Waals surface area contributed by atoms with Gasteiger partial charge < -0.3 is 20.1 Å². The first-order chi connectivity index (χ1) is 12.5. The van der Waals surface area contributed by atoms with Gasteiger partial charge in [0.25, 0.3) is 5.91 Å². The van der Waals surface area contributed by atoms with Crippen LogP contribution in [-0.2, 0) is 0 Å². The highest BCUT2D eigenvalue weighted by molar-refractivity contribution is 6.32. The summed E-state index contributed by atoms with van der Waals surface area (Å²) >= 11 is 6.40. The number of carbonyl (C=O) groups excluding carboxylic acids is 1. The number of likely N-dealkylation sites (tertiary alicyclic amines) is 1. The summed E-state index contributed by atoms with van der Waals surface area (Å²) < 4.78 is 11.5. The molecule has 1 atom stereocenters. The average molecular weight is 383 g/mol. The predicted molar refractivity (Wildman–Crippen MR) is 105 cm³/mol. The molecule has 6 heteroatoms. The molecule has 0 spiro atoms. The van der Waals surface area contributed by atoms with E-state index in [2.05, 4.69) is 6.92 Å². The number of amides is 1. The van der Waals surface area contributed by atoms with E-state index in [-0.39, 0.29) is 11.9 Å². The van der Waals surface area contributed by atoms with Gasteiger partial charge in [0.05, 0.1) is 18.2 Å². The minimum absolute atomic E-state index is 0.0175. The van der Waals surface area contributed by atoms with Gasteiger partial charge in [-0.2, -0.15) is 0 Å². The van der Waals surface area contributed by atoms with Crippen LogP contribution in [0.1, 0.15) is 56.8 Å². The van der Waals surface area contributed by atoms with Gasteiger partial charge in [-0.1, -0.05) is 24.9 Å². The predicted octanol–water partition coefficient (Wildman–Crippen LogP) is 4.12. The van der Waals surface area contributed by atoms with Gasteiger partial charge in [-0.05, 0) is 51.2 Å². The van der Waals surface area contributed by atoms with Crippen molar-refractivity contribution in [2.24, 2.45) is 11.7 Å². The van der Waals surface area contributed by atoms with Gasteiger partial charge in [-0.25, -0.2) is 0 Å². The van der Waals surface area contributed by atoms with E-state index in [1.807, 2.05) is 18.7 Å². The van der Waals surface area contributed by atoms with Crippen molar-refractivity contribution in [2.75, 3.05) is 26.3 Å². The second kappa shape index (κ2) is 10.0. The summed E-state index contributed by atoms with van der Waals surface area (Å²) in [5.74, 6) is 1.52. The molecular formula is C20H31ClN2O3. The summed E-state index contributed by atoms with van der Waals surface area (Å²) in [5, 5.41) is 0.417. The van der Waals surface area contributed by atoms with Crippen LogP contribution in [0, 0.1) is 5.92 Å². The number of piperidine rings is 1. The summed E-state index contributed by atoms with van der Waals surface area (Å²) in [6.07, 6.45) is 3.86. The van der Waals surface area contributed by atoms with E-state index >= 15 is 0 Å². The highest BCUT2D eigenvalue weighted by Crippen LogP contribution is 2.37. The SMILES string of the molecule is CCCCOc1c(Cl)cc(C(=O)N2CCC(C(C)N)CC2)cc1OCC. The first kappa shape index (κ1) is 20.8. The van der Waals surface area contributed by atoms with Gasteiger partial charge in [-0.3, -0.25) is 4.79 Å². The summed E-state index contributed by atoms with van der Waals surface area (Å²) in [6.45, 7) is 8.55. The molecule has 1 heterocycles. The van der Waals surface area contributed by atoms with Crippen LogP contribution in [0.25, 0.3) is 0 Å². The largest absolute Gasteiger partial charge is 0.490 e. The lowest BCUT2D eigenvalue weighted by atomic mass is 9.90.